The molecule has 0 spiro atoms. The summed E-state index contributed by atoms with van der Waals surface area (Å²) < 4.78 is 11.0. The fourth-order valence-corrected chi connectivity index (χ4v) is 4.80. The van der Waals surface area contributed by atoms with E-state index in [9.17, 15) is 9.59 Å². The average molecular weight is 518 g/mol. The molecule has 0 bridgehead atoms. The lowest BCUT2D eigenvalue weighted by Crippen LogP contribution is -2.32. The van der Waals surface area contributed by atoms with Crippen molar-refractivity contribution in [3.05, 3.63) is 101 Å². The van der Waals surface area contributed by atoms with E-state index >= 15 is 0 Å². The van der Waals surface area contributed by atoms with Gasteiger partial charge in [0.15, 0.2) is 5.17 Å². The first-order chi connectivity index (χ1) is 17.9. The molecule has 1 amide bonds. The van der Waals surface area contributed by atoms with Gasteiger partial charge >= 0.3 is 5.97 Å². The molecule has 9 heteroatoms. The first-order valence-electron chi connectivity index (χ1n) is 11.5. The van der Waals surface area contributed by atoms with Crippen LogP contribution in [0.1, 0.15) is 34.5 Å². The predicted molar refractivity (Wildman–Crippen MR) is 145 cm³/mol. The SMILES string of the molecule is COc1ccc([C@H]2N=C(SCc3ccc(C(=O)O)cc3)NC(C)=C2C(=O)Nc2ccccc2)c(OC)c1. The van der Waals surface area contributed by atoms with E-state index < -0.39 is 12.0 Å². The van der Waals surface area contributed by atoms with Gasteiger partial charge in [-0.1, -0.05) is 42.1 Å². The van der Waals surface area contributed by atoms with Crippen LogP contribution >= 0.6 is 11.8 Å². The van der Waals surface area contributed by atoms with Crippen molar-refractivity contribution in [1.82, 2.24) is 5.32 Å². The third-order valence-electron chi connectivity index (χ3n) is 5.81. The van der Waals surface area contributed by atoms with E-state index in [0.717, 1.165) is 11.1 Å². The summed E-state index contributed by atoms with van der Waals surface area (Å²) in [6.07, 6.45) is 0. The Morgan fingerprint density at radius 3 is 2.41 bits per heavy atom. The first-order valence-corrected chi connectivity index (χ1v) is 12.5. The minimum Gasteiger partial charge on any atom is -0.497 e. The molecule has 3 N–H and O–H groups in total. The van der Waals surface area contributed by atoms with Crippen LogP contribution in [0.15, 0.2) is 89.1 Å². The zero-order valence-corrected chi connectivity index (χ0v) is 21.5. The quantitative estimate of drug-likeness (QED) is 0.374. The van der Waals surface area contributed by atoms with Crippen LogP contribution in [0.25, 0.3) is 0 Å². The van der Waals surface area contributed by atoms with Gasteiger partial charge in [0.1, 0.15) is 17.5 Å². The number of para-hydroxylation sites is 1. The predicted octanol–water partition coefficient (Wildman–Crippen LogP) is 5.25. The Labute approximate surface area is 219 Å². The van der Waals surface area contributed by atoms with Crippen LogP contribution in [0.3, 0.4) is 0 Å². The number of allylic oxidation sites excluding steroid dienone is 1. The Morgan fingerprint density at radius 1 is 1.03 bits per heavy atom. The molecule has 0 aliphatic carbocycles. The number of ether oxygens (including phenoxy) is 2. The normalized spacial score (nSPS) is 14.9. The van der Waals surface area contributed by atoms with Crippen LogP contribution in [-0.2, 0) is 10.5 Å². The summed E-state index contributed by atoms with van der Waals surface area (Å²) in [6.45, 7) is 1.85. The van der Waals surface area contributed by atoms with Crippen LogP contribution in [-0.4, -0.2) is 36.4 Å². The van der Waals surface area contributed by atoms with E-state index in [-0.39, 0.29) is 11.5 Å². The molecule has 1 heterocycles. The number of carboxylic acid groups (broad SMARTS) is 1. The highest BCUT2D eigenvalue weighted by Crippen LogP contribution is 2.39. The van der Waals surface area contributed by atoms with Gasteiger partial charge in [0.05, 0.1) is 25.4 Å². The Balaban J connectivity index is 1.65. The van der Waals surface area contributed by atoms with Crippen molar-refractivity contribution in [2.75, 3.05) is 19.5 Å². The summed E-state index contributed by atoms with van der Waals surface area (Å²) in [5.41, 5.74) is 3.75. The van der Waals surface area contributed by atoms with Crippen LogP contribution in [0.5, 0.6) is 11.5 Å². The molecule has 0 saturated carbocycles. The van der Waals surface area contributed by atoms with Gasteiger partial charge in [0, 0.05) is 28.8 Å². The van der Waals surface area contributed by atoms with Gasteiger partial charge in [-0.05, 0) is 48.9 Å². The van der Waals surface area contributed by atoms with Gasteiger partial charge in [-0.3, -0.25) is 4.79 Å². The lowest BCUT2D eigenvalue weighted by atomic mass is 9.95. The van der Waals surface area contributed by atoms with Crippen molar-refractivity contribution in [3.8, 4) is 11.5 Å². The van der Waals surface area contributed by atoms with Gasteiger partial charge in [-0.2, -0.15) is 0 Å². The first kappa shape index (κ1) is 25.8. The third-order valence-corrected chi connectivity index (χ3v) is 6.76. The second-order valence-corrected chi connectivity index (χ2v) is 9.18. The van der Waals surface area contributed by atoms with E-state index in [2.05, 4.69) is 10.6 Å². The maximum atomic E-state index is 13.5. The van der Waals surface area contributed by atoms with E-state index in [1.807, 2.05) is 49.4 Å². The number of carbonyl (C=O) groups excluding carboxylic acids is 1. The zero-order valence-electron chi connectivity index (χ0n) is 20.6. The third kappa shape index (κ3) is 6.13. The second-order valence-electron chi connectivity index (χ2n) is 8.22. The Morgan fingerprint density at radius 2 is 1.76 bits per heavy atom. The second kappa shape index (κ2) is 11.7. The van der Waals surface area contributed by atoms with Gasteiger partial charge in [-0.15, -0.1) is 0 Å². The number of amidine groups is 1. The number of thioether (sulfide) groups is 1. The van der Waals surface area contributed by atoms with Crippen molar-refractivity contribution in [3.63, 3.8) is 0 Å². The Kier molecular flexibility index (Phi) is 8.15. The molecule has 0 unspecified atom stereocenters. The number of nitrogens with one attached hydrogen (secondary N) is 2. The molecule has 1 aliphatic rings. The highest BCUT2D eigenvalue weighted by Gasteiger charge is 2.31. The van der Waals surface area contributed by atoms with Crippen LogP contribution in [0, 0.1) is 0 Å². The largest absolute Gasteiger partial charge is 0.497 e. The number of aliphatic imine (C=N–C) groups is 1. The van der Waals surface area contributed by atoms with Crippen molar-refractivity contribution < 1.29 is 24.2 Å². The fraction of sp³-hybridized carbons (Fsp3) is 0.179. The van der Waals surface area contributed by atoms with Crippen molar-refractivity contribution >= 4 is 34.5 Å². The number of hydrogen-bond acceptors (Lipinski definition) is 7. The zero-order chi connectivity index (χ0) is 26.4. The van der Waals surface area contributed by atoms with E-state index in [1.165, 1.54) is 11.8 Å². The molecule has 0 radical (unpaired) electrons. The van der Waals surface area contributed by atoms with E-state index in [0.29, 0.717) is 39.4 Å². The Bertz CT molecular complexity index is 1350. The minimum atomic E-state index is -0.962. The number of anilines is 1. The Hall–Kier alpha value is -4.24. The van der Waals surface area contributed by atoms with Gasteiger partial charge in [0.25, 0.3) is 5.91 Å². The smallest absolute Gasteiger partial charge is 0.335 e. The molecule has 3 aromatic carbocycles. The maximum Gasteiger partial charge on any atom is 0.335 e. The molecule has 8 nitrogen and oxygen atoms in total. The van der Waals surface area contributed by atoms with Crippen molar-refractivity contribution in [2.24, 2.45) is 4.99 Å². The van der Waals surface area contributed by atoms with Crippen LogP contribution in [0.2, 0.25) is 0 Å². The summed E-state index contributed by atoms with van der Waals surface area (Å²) in [5.74, 6) is 0.527. The number of aromatic carboxylic acids is 1. The van der Waals surface area contributed by atoms with Crippen molar-refractivity contribution in [2.45, 2.75) is 18.7 Å². The summed E-state index contributed by atoms with van der Waals surface area (Å²) >= 11 is 1.47. The van der Waals surface area contributed by atoms with Crippen molar-refractivity contribution in [1.29, 1.82) is 0 Å². The van der Waals surface area contributed by atoms with Gasteiger partial charge in [-0.25, -0.2) is 9.79 Å². The van der Waals surface area contributed by atoms with E-state index in [4.69, 9.17) is 19.6 Å². The standard InChI is InChI=1S/C28H27N3O5S/c1-17-24(26(32)30-20-7-5-4-6-8-20)25(22-14-13-21(35-2)15-23(22)36-3)31-28(29-17)37-16-18-9-11-19(12-10-18)27(33)34/h4-15,25H,16H2,1-3H3,(H,29,31)(H,30,32)(H,33,34)/t25-/m1/s1. The number of benzene rings is 3. The molecule has 0 fully saturated rings. The molecule has 190 valence electrons. The minimum absolute atomic E-state index is 0.237. The number of methoxy groups -OCH3 is 2. The molecular weight excluding hydrogens is 490 g/mol. The van der Waals surface area contributed by atoms with Crippen LogP contribution < -0.4 is 20.1 Å². The summed E-state index contributed by atoms with van der Waals surface area (Å²) in [4.78, 5) is 29.5. The van der Waals surface area contributed by atoms with Gasteiger partial charge in [0.2, 0.25) is 0 Å². The number of carbonyl (C=O) groups is 2. The summed E-state index contributed by atoms with van der Waals surface area (Å²) in [5, 5.41) is 16.0. The number of amides is 1. The highest BCUT2D eigenvalue weighted by molar-refractivity contribution is 8.13. The maximum absolute atomic E-state index is 13.5. The lowest BCUT2D eigenvalue weighted by Gasteiger charge is -2.27. The average Bonchev–Trinajstić information content (AvgIpc) is 2.91. The monoisotopic (exact) mass is 517 g/mol. The summed E-state index contributed by atoms with van der Waals surface area (Å²) in [7, 11) is 3.15. The van der Waals surface area contributed by atoms with E-state index in [1.54, 1.807) is 44.6 Å². The molecule has 37 heavy (non-hydrogen) atoms. The molecule has 1 atom stereocenters. The molecule has 0 saturated heterocycles. The molecule has 3 aromatic rings. The van der Waals surface area contributed by atoms with Gasteiger partial charge < -0.3 is 25.2 Å². The molecule has 4 rings (SSSR count). The highest BCUT2D eigenvalue weighted by atomic mass is 32.2. The topological polar surface area (TPSA) is 109 Å². The molecule has 1 aliphatic heterocycles. The fourth-order valence-electron chi connectivity index (χ4n) is 3.90. The number of carboxylic acids is 1. The number of hydrogen-bond donors (Lipinski definition) is 3. The molecular formula is C28H27N3O5S. The lowest BCUT2D eigenvalue weighted by molar-refractivity contribution is -0.113. The molecule has 0 aromatic heterocycles. The number of rotatable bonds is 8. The van der Waals surface area contributed by atoms with Crippen LogP contribution in [0.4, 0.5) is 5.69 Å². The summed E-state index contributed by atoms with van der Waals surface area (Å²) in [6, 6.07) is 20.8. The number of nitrogens with zero attached hydrogens (tertiary/aromatic N) is 1.